The van der Waals surface area contributed by atoms with Crippen molar-refractivity contribution in [3.8, 4) is 23.3 Å². The number of fused-ring (bicyclic) bond motifs is 3. The number of ether oxygens (including phenoxy) is 1. The Morgan fingerprint density at radius 3 is 2.96 bits per heavy atom. The summed E-state index contributed by atoms with van der Waals surface area (Å²) in [6, 6.07) is 4.00. The Bertz CT molecular complexity index is 730. The van der Waals surface area contributed by atoms with E-state index in [2.05, 4.69) is 37.5 Å². The van der Waals surface area contributed by atoms with Crippen LogP contribution in [0.4, 0.5) is 0 Å². The Labute approximate surface area is 145 Å². The van der Waals surface area contributed by atoms with Crippen LogP contribution in [0, 0.1) is 17.8 Å². The zero-order chi connectivity index (χ0) is 17.1. The highest BCUT2D eigenvalue weighted by atomic mass is 16.5. The van der Waals surface area contributed by atoms with Gasteiger partial charge in [-0.05, 0) is 63.6 Å². The van der Waals surface area contributed by atoms with Crippen LogP contribution < -0.4 is 4.74 Å². The van der Waals surface area contributed by atoms with Crippen LogP contribution in [0.25, 0.3) is 0 Å². The smallest absolute Gasteiger partial charge is 0.134 e. The summed E-state index contributed by atoms with van der Waals surface area (Å²) in [5.74, 6) is 8.49. The van der Waals surface area contributed by atoms with Crippen LogP contribution in [0.2, 0.25) is 0 Å². The molecule has 1 heterocycles. The van der Waals surface area contributed by atoms with E-state index in [1.807, 2.05) is 13.0 Å². The van der Waals surface area contributed by atoms with E-state index in [0.29, 0.717) is 5.75 Å². The molecule has 126 valence electrons. The third-order valence-electron chi connectivity index (χ3n) is 5.11. The maximum Gasteiger partial charge on any atom is 0.134 e. The number of benzene rings is 1. The van der Waals surface area contributed by atoms with E-state index < -0.39 is 0 Å². The minimum Gasteiger partial charge on any atom is -0.507 e. The second-order valence-electron chi connectivity index (χ2n) is 6.91. The molecule has 0 radical (unpaired) electrons. The molecular weight excluding hydrogens is 296 g/mol. The fourth-order valence-corrected chi connectivity index (χ4v) is 3.83. The minimum atomic E-state index is 0.198. The van der Waals surface area contributed by atoms with Crippen molar-refractivity contribution in [3.05, 3.63) is 47.2 Å². The van der Waals surface area contributed by atoms with Gasteiger partial charge in [-0.25, -0.2) is 0 Å². The molecule has 0 fully saturated rings. The van der Waals surface area contributed by atoms with Gasteiger partial charge in [0.15, 0.2) is 0 Å². The third-order valence-corrected chi connectivity index (χ3v) is 5.11. The largest absolute Gasteiger partial charge is 0.507 e. The molecule has 1 N–H and O–H groups in total. The predicted octanol–water partition coefficient (Wildman–Crippen LogP) is 5.47. The van der Waals surface area contributed by atoms with Gasteiger partial charge in [0.2, 0.25) is 0 Å². The van der Waals surface area contributed by atoms with Crippen LogP contribution in [-0.4, -0.2) is 5.11 Å². The van der Waals surface area contributed by atoms with Crippen molar-refractivity contribution in [2.24, 2.45) is 5.92 Å². The van der Waals surface area contributed by atoms with Gasteiger partial charge in [-0.3, -0.25) is 0 Å². The molecule has 1 aliphatic heterocycles. The maximum absolute atomic E-state index is 10.6. The standard InChI is InChI=1S/C22H26O2/c1-4-5-6-7-8-9-17-13-20(23)22-19-12-15(2)10-11-18(19)16(3)24-21(22)14-17/h12-14,18-19,23H,3,6-11H2,1-2H3/t18-,19?/m0/s1. The van der Waals surface area contributed by atoms with Gasteiger partial charge < -0.3 is 9.84 Å². The zero-order valence-electron chi connectivity index (χ0n) is 14.7. The van der Waals surface area contributed by atoms with Crippen LogP contribution in [0.15, 0.2) is 36.1 Å². The van der Waals surface area contributed by atoms with Crippen LogP contribution in [-0.2, 0) is 6.42 Å². The summed E-state index contributed by atoms with van der Waals surface area (Å²) in [5.41, 5.74) is 3.45. The highest BCUT2D eigenvalue weighted by Crippen LogP contribution is 2.51. The monoisotopic (exact) mass is 322 g/mol. The molecule has 0 bridgehead atoms. The summed E-state index contributed by atoms with van der Waals surface area (Å²) in [7, 11) is 0. The first-order chi connectivity index (χ1) is 11.6. The number of aromatic hydroxyl groups is 1. The topological polar surface area (TPSA) is 29.5 Å². The van der Waals surface area contributed by atoms with Crippen molar-refractivity contribution in [2.75, 3.05) is 0 Å². The van der Waals surface area contributed by atoms with Gasteiger partial charge in [0.1, 0.15) is 17.3 Å². The SMILES string of the molecule is C=C1Oc2cc(CCCCC#CC)cc(O)c2C2C=C(C)CC[C@@H]12. The molecule has 2 atom stereocenters. The number of unbranched alkanes of at least 4 members (excludes halogenated alkanes) is 2. The molecule has 0 saturated heterocycles. The quantitative estimate of drug-likeness (QED) is 0.452. The Balaban J connectivity index is 1.83. The Morgan fingerprint density at radius 1 is 1.33 bits per heavy atom. The van der Waals surface area contributed by atoms with Gasteiger partial charge in [0.05, 0.1) is 0 Å². The van der Waals surface area contributed by atoms with E-state index in [9.17, 15) is 5.11 Å². The lowest BCUT2D eigenvalue weighted by molar-refractivity contribution is 0.275. The van der Waals surface area contributed by atoms with Gasteiger partial charge in [-0.1, -0.05) is 18.2 Å². The molecule has 1 aliphatic carbocycles. The number of phenolic OH excluding ortho intramolecular Hbond substituents is 1. The van der Waals surface area contributed by atoms with E-state index in [0.717, 1.165) is 61.2 Å². The van der Waals surface area contributed by atoms with Crippen LogP contribution in [0.3, 0.4) is 0 Å². The normalized spacial score (nSPS) is 21.8. The Kier molecular flexibility index (Phi) is 5.00. The van der Waals surface area contributed by atoms with Crippen molar-refractivity contribution in [1.82, 2.24) is 0 Å². The lowest BCUT2D eigenvalue weighted by atomic mass is 9.74. The highest BCUT2D eigenvalue weighted by Gasteiger charge is 2.36. The number of rotatable bonds is 4. The molecule has 1 unspecified atom stereocenters. The summed E-state index contributed by atoms with van der Waals surface area (Å²) < 4.78 is 6.00. The van der Waals surface area contributed by atoms with Crippen molar-refractivity contribution < 1.29 is 9.84 Å². The fraction of sp³-hybridized carbons (Fsp3) is 0.455. The maximum atomic E-state index is 10.6. The molecule has 0 saturated carbocycles. The van der Waals surface area contributed by atoms with Gasteiger partial charge >= 0.3 is 0 Å². The first kappa shape index (κ1) is 16.7. The first-order valence-corrected chi connectivity index (χ1v) is 8.89. The molecule has 2 nitrogen and oxygen atoms in total. The van der Waals surface area contributed by atoms with E-state index >= 15 is 0 Å². The minimum absolute atomic E-state index is 0.198. The molecule has 0 aromatic heterocycles. The molecular formula is C22H26O2. The average Bonchev–Trinajstić information content (AvgIpc) is 2.54. The zero-order valence-corrected chi connectivity index (χ0v) is 14.7. The summed E-state index contributed by atoms with van der Waals surface area (Å²) in [6.45, 7) is 8.17. The predicted molar refractivity (Wildman–Crippen MR) is 98.1 cm³/mol. The first-order valence-electron chi connectivity index (χ1n) is 8.89. The average molecular weight is 322 g/mol. The van der Waals surface area contributed by atoms with Crippen LogP contribution in [0.5, 0.6) is 11.5 Å². The molecule has 0 spiro atoms. The molecule has 1 aromatic rings. The van der Waals surface area contributed by atoms with Crippen molar-refractivity contribution >= 4 is 0 Å². The lowest BCUT2D eigenvalue weighted by Crippen LogP contribution is -2.25. The fourth-order valence-electron chi connectivity index (χ4n) is 3.83. The van der Waals surface area contributed by atoms with Gasteiger partial charge in [0, 0.05) is 23.8 Å². The molecule has 2 heteroatoms. The van der Waals surface area contributed by atoms with Crippen molar-refractivity contribution in [3.63, 3.8) is 0 Å². The molecule has 0 amide bonds. The summed E-state index contributed by atoms with van der Waals surface area (Å²) in [6.07, 6.45) is 8.43. The summed E-state index contributed by atoms with van der Waals surface area (Å²) >= 11 is 0. The second kappa shape index (κ2) is 7.18. The number of hydrogen-bond donors (Lipinski definition) is 1. The van der Waals surface area contributed by atoms with E-state index in [1.54, 1.807) is 0 Å². The van der Waals surface area contributed by atoms with Crippen LogP contribution >= 0.6 is 0 Å². The lowest BCUT2D eigenvalue weighted by Gasteiger charge is -2.37. The molecule has 2 aliphatic rings. The molecule has 3 rings (SSSR count). The number of hydrogen-bond acceptors (Lipinski definition) is 2. The number of allylic oxidation sites excluding steroid dienone is 3. The summed E-state index contributed by atoms with van der Waals surface area (Å²) in [5, 5.41) is 10.6. The molecule has 1 aromatic carbocycles. The van der Waals surface area contributed by atoms with E-state index in [1.165, 1.54) is 5.57 Å². The number of aryl methyl sites for hydroxylation is 1. The van der Waals surface area contributed by atoms with Gasteiger partial charge in [-0.2, -0.15) is 0 Å². The van der Waals surface area contributed by atoms with Crippen molar-refractivity contribution in [2.45, 2.75) is 58.3 Å². The van der Waals surface area contributed by atoms with E-state index in [4.69, 9.17) is 4.74 Å². The number of phenols is 1. The van der Waals surface area contributed by atoms with Crippen LogP contribution in [0.1, 0.15) is 63.0 Å². The second-order valence-corrected chi connectivity index (χ2v) is 6.91. The highest BCUT2D eigenvalue weighted by molar-refractivity contribution is 5.54. The van der Waals surface area contributed by atoms with Gasteiger partial charge in [0.25, 0.3) is 0 Å². The Hall–Kier alpha value is -2.14. The van der Waals surface area contributed by atoms with E-state index in [-0.39, 0.29) is 11.8 Å². The Morgan fingerprint density at radius 2 is 2.17 bits per heavy atom. The van der Waals surface area contributed by atoms with Gasteiger partial charge in [-0.15, -0.1) is 11.8 Å². The third kappa shape index (κ3) is 3.36. The molecule has 24 heavy (non-hydrogen) atoms. The summed E-state index contributed by atoms with van der Waals surface area (Å²) in [4.78, 5) is 0. The van der Waals surface area contributed by atoms with Crippen molar-refractivity contribution in [1.29, 1.82) is 0 Å².